The van der Waals surface area contributed by atoms with Gasteiger partial charge in [0, 0.05) is 11.9 Å². The first-order valence-corrected chi connectivity index (χ1v) is 10.0. The molecule has 3 aliphatic rings. The van der Waals surface area contributed by atoms with Crippen molar-refractivity contribution in [3.05, 3.63) is 41.2 Å². The summed E-state index contributed by atoms with van der Waals surface area (Å²) in [6, 6.07) is 6.24. The van der Waals surface area contributed by atoms with Crippen molar-refractivity contribution in [1.29, 1.82) is 0 Å². The Hall–Kier alpha value is -2.01. The van der Waals surface area contributed by atoms with E-state index < -0.39 is 6.04 Å². The molecule has 1 N–H and O–H groups in total. The van der Waals surface area contributed by atoms with Crippen LogP contribution in [0.3, 0.4) is 0 Å². The molecule has 2 heterocycles. The molecule has 0 spiro atoms. The van der Waals surface area contributed by atoms with Gasteiger partial charge in [-0.15, -0.1) is 11.6 Å². The van der Waals surface area contributed by atoms with Crippen LogP contribution in [0.2, 0.25) is 0 Å². The second kappa shape index (κ2) is 6.86. The molecule has 1 aromatic carbocycles. The lowest BCUT2D eigenvalue weighted by molar-refractivity contribution is -0.136. The van der Waals surface area contributed by atoms with Crippen LogP contribution in [0.5, 0.6) is 5.75 Å². The quantitative estimate of drug-likeness (QED) is 0.802. The average Bonchev–Trinajstić information content (AvgIpc) is 2.90. The fourth-order valence-corrected chi connectivity index (χ4v) is 4.87. The third-order valence-corrected chi connectivity index (χ3v) is 6.56. The van der Waals surface area contributed by atoms with Gasteiger partial charge in [-0.2, -0.15) is 0 Å². The van der Waals surface area contributed by atoms with Crippen LogP contribution in [0.1, 0.15) is 44.7 Å². The molecule has 0 aromatic heterocycles. The van der Waals surface area contributed by atoms with Crippen LogP contribution >= 0.6 is 11.6 Å². The predicted octanol–water partition coefficient (Wildman–Crippen LogP) is 3.56. The van der Waals surface area contributed by atoms with Gasteiger partial charge in [0.1, 0.15) is 11.9 Å². The normalized spacial score (nSPS) is 33.0. The summed E-state index contributed by atoms with van der Waals surface area (Å²) in [6.07, 6.45) is 1.73. The molecule has 5 nitrogen and oxygen atoms in total. The Morgan fingerprint density at radius 2 is 2.07 bits per heavy atom. The molecule has 27 heavy (non-hydrogen) atoms. The highest BCUT2D eigenvalue weighted by Gasteiger charge is 2.53. The van der Waals surface area contributed by atoms with Gasteiger partial charge in [0.05, 0.1) is 17.5 Å². The molecule has 5 unspecified atom stereocenters. The molecule has 0 bridgehead atoms. The number of phenols is 1. The maximum absolute atomic E-state index is 13.4. The highest BCUT2D eigenvalue weighted by Crippen LogP contribution is 2.48. The van der Waals surface area contributed by atoms with Crippen LogP contribution < -0.4 is 0 Å². The van der Waals surface area contributed by atoms with Gasteiger partial charge in [0.15, 0.2) is 11.5 Å². The Kier molecular flexibility index (Phi) is 4.66. The Balaban J connectivity index is 1.78. The zero-order valence-electron chi connectivity index (χ0n) is 15.5. The van der Waals surface area contributed by atoms with E-state index in [4.69, 9.17) is 16.3 Å². The van der Waals surface area contributed by atoms with Crippen LogP contribution in [-0.2, 0) is 14.3 Å². The molecule has 4 rings (SSSR count). The van der Waals surface area contributed by atoms with Crippen molar-refractivity contribution in [2.75, 3.05) is 6.54 Å². The van der Waals surface area contributed by atoms with Crippen molar-refractivity contribution < 1.29 is 19.4 Å². The number of benzene rings is 1. The largest absolute Gasteiger partial charge is 0.508 e. The highest BCUT2D eigenvalue weighted by atomic mass is 35.5. The number of rotatable bonds is 3. The van der Waals surface area contributed by atoms with Crippen molar-refractivity contribution in [1.82, 2.24) is 4.90 Å². The van der Waals surface area contributed by atoms with Crippen LogP contribution in [-0.4, -0.2) is 39.7 Å². The van der Waals surface area contributed by atoms with Gasteiger partial charge in [0.25, 0.3) is 5.91 Å². The molecule has 0 saturated heterocycles. The van der Waals surface area contributed by atoms with Crippen molar-refractivity contribution >= 4 is 23.3 Å². The van der Waals surface area contributed by atoms with Gasteiger partial charge in [-0.1, -0.05) is 26.0 Å². The number of fused-ring (bicyclic) bond motifs is 1. The van der Waals surface area contributed by atoms with Gasteiger partial charge >= 0.3 is 0 Å². The summed E-state index contributed by atoms with van der Waals surface area (Å²) in [5, 5.41) is 9.85. The maximum Gasteiger partial charge on any atom is 0.290 e. The first-order chi connectivity index (χ1) is 12.9. The first-order valence-electron chi connectivity index (χ1n) is 9.61. The SMILES string of the molecule is CCCN1C(=O)C2=C(C(=O)C3CC(Cl)C(C)CC3O2)C1c1cccc(O)c1. The third kappa shape index (κ3) is 2.92. The average molecular weight is 390 g/mol. The Bertz CT molecular complexity index is 820. The summed E-state index contributed by atoms with van der Waals surface area (Å²) in [6.45, 7) is 4.57. The molecular weight excluding hydrogens is 366 g/mol. The summed E-state index contributed by atoms with van der Waals surface area (Å²) in [7, 11) is 0. The van der Waals surface area contributed by atoms with Crippen LogP contribution in [0.25, 0.3) is 0 Å². The fourth-order valence-electron chi connectivity index (χ4n) is 4.58. The van der Waals surface area contributed by atoms with E-state index in [1.54, 1.807) is 23.1 Å². The number of Topliss-reactive ketones (excluding diaryl/α,β-unsaturated/α-hetero) is 1. The van der Waals surface area contributed by atoms with Gasteiger partial charge in [-0.05, 0) is 42.9 Å². The Morgan fingerprint density at radius 1 is 1.30 bits per heavy atom. The second-order valence-corrected chi connectivity index (χ2v) is 8.39. The Labute approximate surface area is 163 Å². The lowest BCUT2D eigenvalue weighted by Gasteiger charge is -2.40. The molecule has 144 valence electrons. The van der Waals surface area contributed by atoms with Gasteiger partial charge in [0.2, 0.25) is 0 Å². The van der Waals surface area contributed by atoms with E-state index >= 15 is 0 Å². The standard InChI is InChI=1S/C21H24ClNO4/c1-3-7-23-18(12-5-4-6-13(24)9-12)17-19(25)14-10-15(22)11(2)8-16(14)27-20(17)21(23)26/h4-6,9,11,14-16,18,24H,3,7-8,10H2,1-2H3. The van der Waals surface area contributed by atoms with E-state index in [0.29, 0.717) is 25.0 Å². The van der Waals surface area contributed by atoms with E-state index in [0.717, 1.165) is 12.0 Å². The number of hydrogen-bond donors (Lipinski definition) is 1. The topological polar surface area (TPSA) is 66.8 Å². The Morgan fingerprint density at radius 3 is 2.78 bits per heavy atom. The molecule has 6 heteroatoms. The van der Waals surface area contributed by atoms with Crippen molar-refractivity contribution in [2.45, 2.75) is 50.6 Å². The van der Waals surface area contributed by atoms with Gasteiger partial charge < -0.3 is 14.7 Å². The van der Waals surface area contributed by atoms with Crippen molar-refractivity contribution in [2.24, 2.45) is 11.8 Å². The smallest absolute Gasteiger partial charge is 0.290 e. The molecular formula is C21H24ClNO4. The number of alkyl halides is 1. The molecule has 1 aromatic rings. The third-order valence-electron chi connectivity index (χ3n) is 5.96. The molecule has 2 aliphatic heterocycles. The summed E-state index contributed by atoms with van der Waals surface area (Å²) < 4.78 is 6.12. The number of halogens is 1. The van der Waals surface area contributed by atoms with Gasteiger partial charge in [-0.3, -0.25) is 9.59 Å². The summed E-state index contributed by atoms with van der Waals surface area (Å²) in [4.78, 5) is 28.2. The lowest BCUT2D eigenvalue weighted by Crippen LogP contribution is -2.44. The summed E-state index contributed by atoms with van der Waals surface area (Å²) in [5.74, 6) is -0.0144. The van der Waals surface area contributed by atoms with E-state index in [-0.39, 0.29) is 46.5 Å². The van der Waals surface area contributed by atoms with Crippen molar-refractivity contribution in [3.8, 4) is 5.75 Å². The monoisotopic (exact) mass is 389 g/mol. The number of amides is 1. The number of ether oxygens (including phenoxy) is 1. The van der Waals surface area contributed by atoms with Gasteiger partial charge in [-0.25, -0.2) is 0 Å². The number of carbonyl (C=O) groups is 2. The number of carbonyl (C=O) groups excluding carboxylic acids is 2. The minimum atomic E-state index is -0.513. The second-order valence-electron chi connectivity index (χ2n) is 7.83. The minimum Gasteiger partial charge on any atom is -0.508 e. The zero-order valence-corrected chi connectivity index (χ0v) is 16.3. The zero-order chi connectivity index (χ0) is 19.3. The predicted molar refractivity (Wildman–Crippen MR) is 101 cm³/mol. The molecule has 1 fully saturated rings. The molecule has 1 saturated carbocycles. The number of aromatic hydroxyl groups is 1. The fraction of sp³-hybridized carbons (Fsp3) is 0.524. The van der Waals surface area contributed by atoms with Crippen molar-refractivity contribution in [3.63, 3.8) is 0 Å². The summed E-state index contributed by atoms with van der Waals surface area (Å²) in [5.41, 5.74) is 1.16. The van der Waals surface area contributed by atoms with E-state index in [1.165, 1.54) is 0 Å². The number of phenolic OH excluding ortho intramolecular Hbond substituents is 1. The molecule has 1 amide bonds. The number of nitrogens with zero attached hydrogens (tertiary/aromatic N) is 1. The maximum atomic E-state index is 13.4. The highest BCUT2D eigenvalue weighted by molar-refractivity contribution is 6.21. The number of hydrogen-bond acceptors (Lipinski definition) is 4. The lowest BCUT2D eigenvalue weighted by atomic mass is 9.74. The van der Waals surface area contributed by atoms with Crippen LogP contribution in [0, 0.1) is 11.8 Å². The van der Waals surface area contributed by atoms with E-state index in [2.05, 4.69) is 6.92 Å². The van der Waals surface area contributed by atoms with Crippen LogP contribution in [0.4, 0.5) is 0 Å². The first kappa shape index (κ1) is 18.4. The number of ketones is 1. The van der Waals surface area contributed by atoms with Crippen LogP contribution in [0.15, 0.2) is 35.6 Å². The minimum absolute atomic E-state index is 0.0286. The van der Waals surface area contributed by atoms with E-state index in [1.807, 2.05) is 13.0 Å². The van der Waals surface area contributed by atoms with E-state index in [9.17, 15) is 14.7 Å². The molecule has 5 atom stereocenters. The molecule has 0 radical (unpaired) electrons. The summed E-state index contributed by atoms with van der Waals surface area (Å²) >= 11 is 6.44. The molecule has 1 aliphatic carbocycles.